The van der Waals surface area contributed by atoms with Crippen molar-refractivity contribution in [2.24, 2.45) is 0 Å². The number of aromatic nitrogens is 2. The molecule has 0 bridgehead atoms. The average molecular weight is 264 g/mol. The van der Waals surface area contributed by atoms with E-state index in [1.165, 1.54) is 28.5 Å². The Morgan fingerprint density at radius 3 is 2.90 bits per heavy atom. The first-order valence-electron chi connectivity index (χ1n) is 6.73. The molecular weight excluding hydrogens is 248 g/mol. The third-order valence-electron chi connectivity index (χ3n) is 3.76. The molecule has 0 radical (unpaired) electrons. The second-order valence-electron chi connectivity index (χ2n) is 5.27. The van der Waals surface area contributed by atoms with Gasteiger partial charge >= 0.3 is 0 Å². The van der Waals surface area contributed by atoms with Crippen molar-refractivity contribution in [3.05, 3.63) is 52.5 Å². The molecular formula is C16H16N4. The Morgan fingerprint density at radius 2 is 2.10 bits per heavy atom. The number of nitriles is 1. The monoisotopic (exact) mass is 264 g/mol. The van der Waals surface area contributed by atoms with Crippen LogP contribution in [0.25, 0.3) is 0 Å². The summed E-state index contributed by atoms with van der Waals surface area (Å²) in [5, 5.41) is 8.92. The minimum absolute atomic E-state index is 0.369. The molecule has 1 aromatic heterocycles. The number of nitrogens with zero attached hydrogens (tertiary/aromatic N) is 4. The van der Waals surface area contributed by atoms with Crippen LogP contribution in [0, 0.1) is 25.2 Å². The van der Waals surface area contributed by atoms with E-state index < -0.39 is 0 Å². The highest BCUT2D eigenvalue weighted by Gasteiger charge is 2.19. The summed E-state index contributed by atoms with van der Waals surface area (Å²) in [4.78, 5) is 10.6. The Bertz CT molecular complexity index is 700. The molecule has 4 nitrogen and oxygen atoms in total. The summed E-state index contributed by atoms with van der Waals surface area (Å²) in [5.41, 5.74) is 5.85. The van der Waals surface area contributed by atoms with Gasteiger partial charge in [-0.2, -0.15) is 5.26 Å². The molecule has 1 aromatic carbocycles. The van der Waals surface area contributed by atoms with Gasteiger partial charge in [-0.3, -0.25) is 4.98 Å². The van der Waals surface area contributed by atoms with Crippen molar-refractivity contribution in [3.8, 4) is 6.07 Å². The molecule has 2 aromatic rings. The fourth-order valence-electron chi connectivity index (χ4n) is 2.87. The van der Waals surface area contributed by atoms with Crippen molar-refractivity contribution < 1.29 is 0 Å². The van der Waals surface area contributed by atoms with Crippen molar-refractivity contribution in [2.45, 2.75) is 26.8 Å². The fraction of sp³-hybridized carbons (Fsp3) is 0.312. The van der Waals surface area contributed by atoms with E-state index in [-0.39, 0.29) is 0 Å². The maximum atomic E-state index is 8.92. The van der Waals surface area contributed by atoms with Gasteiger partial charge in [0.15, 0.2) is 5.69 Å². The maximum absolute atomic E-state index is 8.92. The van der Waals surface area contributed by atoms with Gasteiger partial charge in [0.05, 0.1) is 12.4 Å². The Kier molecular flexibility index (Phi) is 3.11. The molecule has 0 saturated heterocycles. The van der Waals surface area contributed by atoms with Crippen LogP contribution < -0.4 is 4.90 Å². The summed E-state index contributed by atoms with van der Waals surface area (Å²) in [6.45, 7) is 6.06. The van der Waals surface area contributed by atoms with Gasteiger partial charge in [-0.25, -0.2) is 4.98 Å². The molecule has 0 atom stereocenters. The first kappa shape index (κ1) is 12.6. The van der Waals surface area contributed by atoms with Crippen LogP contribution in [0.2, 0.25) is 0 Å². The summed E-state index contributed by atoms with van der Waals surface area (Å²) in [5.74, 6) is 0.786. The van der Waals surface area contributed by atoms with Gasteiger partial charge in [0.2, 0.25) is 0 Å². The van der Waals surface area contributed by atoms with Crippen LogP contribution in [0.1, 0.15) is 27.9 Å². The van der Waals surface area contributed by atoms with Crippen LogP contribution in [-0.2, 0) is 13.0 Å². The summed E-state index contributed by atoms with van der Waals surface area (Å²) >= 11 is 0. The van der Waals surface area contributed by atoms with Gasteiger partial charge in [0.1, 0.15) is 11.9 Å². The second-order valence-corrected chi connectivity index (χ2v) is 5.27. The summed E-state index contributed by atoms with van der Waals surface area (Å²) in [7, 11) is 0. The molecule has 0 amide bonds. The Balaban J connectivity index is 1.94. The molecule has 3 rings (SSSR count). The molecule has 0 spiro atoms. The lowest BCUT2D eigenvalue weighted by Gasteiger charge is -2.30. The average Bonchev–Trinajstić information content (AvgIpc) is 2.46. The van der Waals surface area contributed by atoms with Crippen LogP contribution in [0.5, 0.6) is 0 Å². The van der Waals surface area contributed by atoms with E-state index in [9.17, 15) is 0 Å². The molecule has 1 aliphatic rings. The van der Waals surface area contributed by atoms with Crippen molar-refractivity contribution in [1.29, 1.82) is 5.26 Å². The van der Waals surface area contributed by atoms with E-state index in [1.807, 2.05) is 6.07 Å². The van der Waals surface area contributed by atoms with E-state index in [1.54, 1.807) is 6.20 Å². The van der Waals surface area contributed by atoms with Crippen molar-refractivity contribution in [1.82, 2.24) is 9.97 Å². The van der Waals surface area contributed by atoms with E-state index in [2.05, 4.69) is 40.8 Å². The first-order chi connectivity index (χ1) is 9.67. The van der Waals surface area contributed by atoms with E-state index in [0.717, 1.165) is 25.3 Å². The third kappa shape index (κ3) is 2.23. The van der Waals surface area contributed by atoms with Crippen LogP contribution in [0.15, 0.2) is 24.5 Å². The Labute approximate surface area is 118 Å². The lowest BCUT2D eigenvalue weighted by Crippen LogP contribution is -2.31. The molecule has 100 valence electrons. The number of hydrogen-bond acceptors (Lipinski definition) is 4. The molecule has 0 aliphatic carbocycles. The molecule has 0 saturated carbocycles. The highest BCUT2D eigenvalue weighted by molar-refractivity contribution is 5.47. The molecule has 0 N–H and O–H groups in total. The molecule has 1 aliphatic heterocycles. The maximum Gasteiger partial charge on any atom is 0.161 e. The van der Waals surface area contributed by atoms with E-state index in [4.69, 9.17) is 5.26 Å². The van der Waals surface area contributed by atoms with Gasteiger partial charge in [0, 0.05) is 13.1 Å². The molecule has 20 heavy (non-hydrogen) atoms. The molecule has 2 heterocycles. The summed E-state index contributed by atoms with van der Waals surface area (Å²) < 4.78 is 0. The second kappa shape index (κ2) is 4.93. The quantitative estimate of drug-likeness (QED) is 0.794. The lowest BCUT2D eigenvalue weighted by molar-refractivity contribution is 0.713. The molecule has 0 unspecified atom stereocenters. The first-order valence-corrected chi connectivity index (χ1v) is 6.73. The highest BCUT2D eigenvalue weighted by atomic mass is 15.2. The number of aryl methyl sites for hydroxylation is 2. The van der Waals surface area contributed by atoms with Crippen molar-refractivity contribution in [2.75, 3.05) is 11.4 Å². The zero-order valence-corrected chi connectivity index (χ0v) is 11.7. The van der Waals surface area contributed by atoms with Gasteiger partial charge in [-0.05, 0) is 37.0 Å². The summed E-state index contributed by atoms with van der Waals surface area (Å²) in [6, 6.07) is 6.53. The predicted molar refractivity (Wildman–Crippen MR) is 77.4 cm³/mol. The highest BCUT2D eigenvalue weighted by Crippen LogP contribution is 2.26. The SMILES string of the molecule is Cc1cc(C)c2c(c1)CN(c1cncc(C#N)n1)CC2. The number of hydrogen-bond donors (Lipinski definition) is 0. The lowest BCUT2D eigenvalue weighted by atomic mass is 9.93. The smallest absolute Gasteiger partial charge is 0.161 e. The number of fused-ring (bicyclic) bond motifs is 1. The van der Waals surface area contributed by atoms with Crippen LogP contribution in [0.3, 0.4) is 0 Å². The van der Waals surface area contributed by atoms with Gasteiger partial charge in [-0.15, -0.1) is 0 Å². The van der Waals surface area contributed by atoms with Gasteiger partial charge in [-0.1, -0.05) is 17.7 Å². The molecule has 0 fully saturated rings. The topological polar surface area (TPSA) is 52.8 Å². The largest absolute Gasteiger partial charge is 0.351 e. The zero-order valence-electron chi connectivity index (χ0n) is 11.7. The zero-order chi connectivity index (χ0) is 14.1. The fourth-order valence-corrected chi connectivity index (χ4v) is 2.87. The van der Waals surface area contributed by atoms with Crippen LogP contribution >= 0.6 is 0 Å². The van der Waals surface area contributed by atoms with E-state index >= 15 is 0 Å². The van der Waals surface area contributed by atoms with Crippen LogP contribution in [-0.4, -0.2) is 16.5 Å². The predicted octanol–water partition coefficient (Wildman–Crippen LogP) is 2.53. The number of benzene rings is 1. The van der Waals surface area contributed by atoms with Gasteiger partial charge < -0.3 is 4.90 Å². The van der Waals surface area contributed by atoms with E-state index in [0.29, 0.717) is 5.69 Å². The van der Waals surface area contributed by atoms with Crippen molar-refractivity contribution in [3.63, 3.8) is 0 Å². The van der Waals surface area contributed by atoms with Crippen molar-refractivity contribution >= 4 is 5.82 Å². The Morgan fingerprint density at radius 1 is 1.25 bits per heavy atom. The standard InChI is InChI=1S/C16H16N4/c1-11-5-12(2)15-3-4-20(10-13(15)6-11)16-9-18-8-14(7-17)19-16/h5-6,8-9H,3-4,10H2,1-2H3. The number of rotatable bonds is 1. The molecule has 4 heteroatoms. The third-order valence-corrected chi connectivity index (χ3v) is 3.76. The normalized spacial score (nSPS) is 13.8. The van der Waals surface area contributed by atoms with Crippen LogP contribution in [0.4, 0.5) is 5.82 Å². The van der Waals surface area contributed by atoms with Gasteiger partial charge in [0.25, 0.3) is 0 Å². The number of anilines is 1. The summed E-state index contributed by atoms with van der Waals surface area (Å²) in [6.07, 6.45) is 4.24. The minimum Gasteiger partial charge on any atom is -0.351 e. The minimum atomic E-state index is 0.369. The Hall–Kier alpha value is -2.41.